The van der Waals surface area contributed by atoms with Gasteiger partial charge in [0.05, 0.1) is 13.1 Å². The van der Waals surface area contributed by atoms with Gasteiger partial charge in [0.15, 0.2) is 0 Å². The molecule has 0 spiro atoms. The molecule has 3 amide bonds. The number of ether oxygens (including phenoxy) is 1. The quantitative estimate of drug-likeness (QED) is 0.414. The Morgan fingerprint density at radius 3 is 2.14 bits per heavy atom. The highest BCUT2D eigenvalue weighted by Gasteiger charge is 2.19. The van der Waals surface area contributed by atoms with Gasteiger partial charge in [0.1, 0.15) is 0 Å². The molecule has 0 atom stereocenters. The molecule has 0 saturated heterocycles. The first-order chi connectivity index (χ1) is 17.0. The molecule has 35 heavy (non-hydrogen) atoms. The second-order valence-corrected chi connectivity index (χ2v) is 8.21. The number of rotatable bonds is 11. The van der Waals surface area contributed by atoms with Gasteiger partial charge in [0.2, 0.25) is 11.8 Å². The van der Waals surface area contributed by atoms with Gasteiger partial charge in [-0.1, -0.05) is 60.2 Å². The van der Waals surface area contributed by atoms with E-state index in [9.17, 15) is 14.4 Å². The summed E-state index contributed by atoms with van der Waals surface area (Å²) in [6.45, 7) is 2.45. The lowest BCUT2D eigenvalue weighted by Gasteiger charge is -2.22. The number of nitrogens with zero attached hydrogens (tertiary/aromatic N) is 1. The minimum Gasteiger partial charge on any atom is -0.385 e. The van der Waals surface area contributed by atoms with Crippen LogP contribution >= 0.6 is 0 Å². The average Bonchev–Trinajstić information content (AvgIpc) is 2.88. The Kier molecular flexibility index (Phi) is 9.57. The Balaban J connectivity index is 1.58. The van der Waals surface area contributed by atoms with Gasteiger partial charge < -0.3 is 20.3 Å². The van der Waals surface area contributed by atoms with E-state index in [1.54, 1.807) is 31.4 Å². The van der Waals surface area contributed by atoms with E-state index in [0.717, 1.165) is 16.7 Å². The van der Waals surface area contributed by atoms with Gasteiger partial charge in [0.25, 0.3) is 5.91 Å². The van der Waals surface area contributed by atoms with Crippen LogP contribution in [0.15, 0.2) is 78.9 Å². The maximum Gasteiger partial charge on any atom is 0.254 e. The fraction of sp³-hybridized carbons (Fsp3) is 0.250. The maximum atomic E-state index is 13.2. The Hall–Kier alpha value is -3.97. The van der Waals surface area contributed by atoms with Crippen LogP contribution in [0.25, 0.3) is 11.1 Å². The summed E-state index contributed by atoms with van der Waals surface area (Å²) >= 11 is 0. The molecule has 3 aromatic carbocycles. The van der Waals surface area contributed by atoms with Crippen molar-refractivity contribution in [3.63, 3.8) is 0 Å². The van der Waals surface area contributed by atoms with Gasteiger partial charge >= 0.3 is 0 Å². The molecule has 2 N–H and O–H groups in total. The first-order valence-corrected chi connectivity index (χ1v) is 11.5. The number of carbonyl (C=O) groups is 3. The molecular weight excluding hydrogens is 442 g/mol. The van der Waals surface area contributed by atoms with Crippen molar-refractivity contribution in [2.75, 3.05) is 38.7 Å². The number of hydrogen-bond donors (Lipinski definition) is 2. The standard InChI is InChI=1S/C28H31N3O4/c1-21-9-15-25(16-10-21)30-26(32)19-29-27(33)20-31(17-6-18-35-2)28(34)24-13-11-23(12-14-24)22-7-4-3-5-8-22/h3-5,7-16H,6,17-20H2,1-2H3,(H,29,33)(H,30,32). The van der Waals surface area contributed by atoms with Crippen LogP contribution in [0, 0.1) is 6.92 Å². The monoisotopic (exact) mass is 473 g/mol. The summed E-state index contributed by atoms with van der Waals surface area (Å²) in [6, 6.07) is 24.6. The zero-order valence-electron chi connectivity index (χ0n) is 20.1. The molecule has 0 aromatic heterocycles. The Bertz CT molecular complexity index is 1110. The van der Waals surface area contributed by atoms with Crippen molar-refractivity contribution >= 4 is 23.4 Å². The molecule has 3 rings (SSSR count). The molecule has 0 aliphatic heterocycles. The second-order valence-electron chi connectivity index (χ2n) is 8.21. The summed E-state index contributed by atoms with van der Waals surface area (Å²) in [7, 11) is 1.59. The SMILES string of the molecule is COCCCN(CC(=O)NCC(=O)Nc1ccc(C)cc1)C(=O)c1ccc(-c2ccccc2)cc1. The number of hydrogen-bond acceptors (Lipinski definition) is 4. The fourth-order valence-electron chi connectivity index (χ4n) is 3.52. The summed E-state index contributed by atoms with van der Waals surface area (Å²) in [4.78, 5) is 39.4. The zero-order valence-corrected chi connectivity index (χ0v) is 20.1. The number of carbonyl (C=O) groups excluding carboxylic acids is 3. The molecule has 0 aliphatic rings. The minimum atomic E-state index is -0.407. The van der Waals surface area contributed by atoms with Gasteiger partial charge in [-0.3, -0.25) is 14.4 Å². The van der Waals surface area contributed by atoms with Crippen molar-refractivity contribution in [1.82, 2.24) is 10.2 Å². The van der Waals surface area contributed by atoms with Crippen LogP contribution in [0.4, 0.5) is 5.69 Å². The van der Waals surface area contributed by atoms with E-state index in [1.165, 1.54) is 4.90 Å². The van der Waals surface area contributed by atoms with E-state index in [-0.39, 0.29) is 24.9 Å². The topological polar surface area (TPSA) is 87.7 Å². The number of benzene rings is 3. The van der Waals surface area contributed by atoms with Gasteiger partial charge in [-0.2, -0.15) is 0 Å². The van der Waals surface area contributed by atoms with Crippen molar-refractivity contribution in [2.24, 2.45) is 0 Å². The highest BCUT2D eigenvalue weighted by Crippen LogP contribution is 2.20. The van der Waals surface area contributed by atoms with Crippen LogP contribution in [0.1, 0.15) is 22.3 Å². The van der Waals surface area contributed by atoms with Crippen molar-refractivity contribution in [1.29, 1.82) is 0 Å². The molecule has 7 heteroatoms. The highest BCUT2D eigenvalue weighted by atomic mass is 16.5. The van der Waals surface area contributed by atoms with Crippen LogP contribution in [0.2, 0.25) is 0 Å². The van der Waals surface area contributed by atoms with Crippen molar-refractivity contribution in [3.05, 3.63) is 90.0 Å². The molecule has 3 aromatic rings. The molecule has 0 unspecified atom stereocenters. The lowest BCUT2D eigenvalue weighted by atomic mass is 10.0. The van der Waals surface area contributed by atoms with Gasteiger partial charge in [-0.05, 0) is 48.7 Å². The fourth-order valence-corrected chi connectivity index (χ4v) is 3.52. The van der Waals surface area contributed by atoms with Crippen LogP contribution < -0.4 is 10.6 Å². The minimum absolute atomic E-state index is 0.152. The third-order valence-corrected chi connectivity index (χ3v) is 5.42. The molecule has 0 aliphatic carbocycles. The van der Waals surface area contributed by atoms with E-state index in [1.807, 2.05) is 61.5 Å². The Morgan fingerprint density at radius 1 is 0.829 bits per heavy atom. The van der Waals surface area contributed by atoms with Gasteiger partial charge in [0, 0.05) is 31.5 Å². The zero-order chi connectivity index (χ0) is 25.0. The largest absolute Gasteiger partial charge is 0.385 e. The van der Waals surface area contributed by atoms with E-state index in [0.29, 0.717) is 30.8 Å². The number of nitrogens with one attached hydrogen (secondary N) is 2. The van der Waals surface area contributed by atoms with Crippen LogP contribution in [-0.4, -0.2) is 56.0 Å². The van der Waals surface area contributed by atoms with E-state index in [2.05, 4.69) is 10.6 Å². The van der Waals surface area contributed by atoms with Crippen molar-refractivity contribution in [2.45, 2.75) is 13.3 Å². The summed E-state index contributed by atoms with van der Waals surface area (Å²) in [6.07, 6.45) is 0.589. The number of amides is 3. The average molecular weight is 474 g/mol. The van der Waals surface area contributed by atoms with E-state index >= 15 is 0 Å². The lowest BCUT2D eigenvalue weighted by molar-refractivity contribution is -0.124. The molecule has 182 valence electrons. The molecule has 0 bridgehead atoms. The Morgan fingerprint density at radius 2 is 1.49 bits per heavy atom. The first kappa shape index (κ1) is 25.6. The van der Waals surface area contributed by atoms with Crippen molar-refractivity contribution in [3.8, 4) is 11.1 Å². The van der Waals surface area contributed by atoms with Gasteiger partial charge in [-0.25, -0.2) is 0 Å². The second kappa shape index (κ2) is 13.1. The molecular formula is C28H31N3O4. The summed E-state index contributed by atoms with van der Waals surface area (Å²) < 4.78 is 5.10. The van der Waals surface area contributed by atoms with Crippen LogP contribution in [0.3, 0.4) is 0 Å². The van der Waals surface area contributed by atoms with E-state index in [4.69, 9.17) is 4.74 Å². The smallest absolute Gasteiger partial charge is 0.254 e. The molecule has 0 heterocycles. The lowest BCUT2D eigenvalue weighted by Crippen LogP contribution is -2.43. The number of aryl methyl sites for hydroxylation is 1. The third kappa shape index (κ3) is 8.08. The predicted octanol–water partition coefficient (Wildman–Crippen LogP) is 3.90. The summed E-state index contributed by atoms with van der Waals surface area (Å²) in [5, 5.41) is 5.33. The van der Waals surface area contributed by atoms with Gasteiger partial charge in [-0.15, -0.1) is 0 Å². The molecule has 0 fully saturated rings. The summed E-state index contributed by atoms with van der Waals surface area (Å²) in [5.41, 5.74) is 4.30. The normalized spacial score (nSPS) is 10.5. The van der Waals surface area contributed by atoms with E-state index < -0.39 is 5.91 Å². The summed E-state index contributed by atoms with van der Waals surface area (Å²) in [5.74, 6) is -0.994. The molecule has 0 radical (unpaired) electrons. The van der Waals surface area contributed by atoms with Crippen molar-refractivity contribution < 1.29 is 19.1 Å². The number of methoxy groups -OCH3 is 1. The first-order valence-electron chi connectivity index (χ1n) is 11.5. The molecule has 7 nitrogen and oxygen atoms in total. The highest BCUT2D eigenvalue weighted by molar-refractivity contribution is 5.98. The Labute approximate surface area is 206 Å². The number of anilines is 1. The van der Waals surface area contributed by atoms with Crippen LogP contribution in [0.5, 0.6) is 0 Å². The maximum absolute atomic E-state index is 13.2. The third-order valence-electron chi connectivity index (χ3n) is 5.42. The molecule has 0 saturated carbocycles. The van der Waals surface area contributed by atoms with Crippen LogP contribution in [-0.2, 0) is 14.3 Å². The predicted molar refractivity (Wildman–Crippen MR) is 137 cm³/mol.